The van der Waals surface area contributed by atoms with Crippen LogP contribution >= 0.6 is 22.6 Å². The summed E-state index contributed by atoms with van der Waals surface area (Å²) in [6, 6.07) is 5.63. The van der Waals surface area contributed by atoms with Gasteiger partial charge in [-0.1, -0.05) is 52.0 Å². The van der Waals surface area contributed by atoms with Gasteiger partial charge < -0.3 is 53.0 Å². The van der Waals surface area contributed by atoms with Crippen LogP contribution in [0.5, 0.6) is 5.75 Å². The summed E-state index contributed by atoms with van der Waals surface area (Å²) in [7, 11) is 0. The van der Waals surface area contributed by atoms with Crippen LogP contribution in [-0.2, 0) is 51.2 Å². The summed E-state index contributed by atoms with van der Waals surface area (Å²) >= 11 is 2.10. The molecule has 19 heteroatoms. The Bertz CT molecular complexity index is 1740. The van der Waals surface area contributed by atoms with E-state index in [-0.39, 0.29) is 18.6 Å². The summed E-state index contributed by atoms with van der Waals surface area (Å²) < 4.78 is 0.899. The molecule has 57 heavy (non-hydrogen) atoms. The van der Waals surface area contributed by atoms with Crippen molar-refractivity contribution < 1.29 is 53.7 Å². The summed E-state index contributed by atoms with van der Waals surface area (Å²) in [5.74, 6) is -8.31. The second kappa shape index (κ2) is 23.0. The zero-order chi connectivity index (χ0) is 43.0. The summed E-state index contributed by atoms with van der Waals surface area (Å²) in [6.45, 7) is 7.18. The van der Waals surface area contributed by atoms with Gasteiger partial charge in [-0.3, -0.25) is 38.4 Å². The van der Waals surface area contributed by atoms with Crippen LogP contribution in [0.15, 0.2) is 48.5 Å². The Labute approximate surface area is 344 Å². The fraction of sp³-hybridized carbons (Fsp3) is 0.474. The maximum Gasteiger partial charge on any atom is 0.322 e. The van der Waals surface area contributed by atoms with Crippen molar-refractivity contribution in [3.05, 3.63) is 63.2 Å². The Morgan fingerprint density at radius 1 is 0.596 bits per heavy atom. The van der Waals surface area contributed by atoms with Gasteiger partial charge in [0.2, 0.25) is 35.4 Å². The monoisotopic (exact) mass is 913 g/mol. The molecule has 6 atom stereocenters. The van der Waals surface area contributed by atoms with Gasteiger partial charge in [0.15, 0.2) is 0 Å². The molecule has 2 aromatic rings. The molecule has 0 bridgehead atoms. The van der Waals surface area contributed by atoms with Gasteiger partial charge in [-0.15, -0.1) is 0 Å². The SMILES string of the molecule is CC(C)[C@H](NC(=O)[C@H](CCC(=O)O)NC(=O)[C@H](Cc1ccc([131I])cc1)NC(=O)[C@@H](C)NC(=O)[C@@H](N)Cc1ccc(O)cc1)C(=O)N[C@H](C(=O)NCC(=O)O)C(C)C. The summed E-state index contributed by atoms with van der Waals surface area (Å²) in [6.07, 6.45) is -0.920. The van der Waals surface area contributed by atoms with E-state index < -0.39 is 115 Å². The van der Waals surface area contributed by atoms with E-state index in [4.69, 9.17) is 10.8 Å². The standard InChI is InChI=1S/C38H52IN7O11/c1-19(2)31(37(56)41-18-30(50)51)46-38(57)32(20(3)4)45-35(54)27(14-15-29(48)49)43-36(55)28(17-23-6-10-24(39)11-7-23)44-33(52)21(5)42-34(53)26(40)16-22-8-12-25(47)13-9-22/h6-13,19-21,26-28,31-32,47H,14-18,40H2,1-5H3,(H,41,56)(H,42,53)(H,43,55)(H,44,52)(H,45,54)(H,46,57)(H,48,49)(H,50,51)/t21-,26+,27+,28+,31+,32+/m1/s1/i39+4. The molecular formula is C38H52IN7O11. The maximum absolute atomic E-state index is 13.9. The highest BCUT2D eigenvalue weighted by atomic mass is 131. The number of carbonyl (C=O) groups is 8. The van der Waals surface area contributed by atoms with E-state index in [0.29, 0.717) is 11.1 Å². The molecule has 6 amide bonds. The minimum atomic E-state index is -1.51. The third kappa shape index (κ3) is 16.8. The lowest BCUT2D eigenvalue weighted by molar-refractivity contribution is -0.140. The summed E-state index contributed by atoms with van der Waals surface area (Å²) in [4.78, 5) is 103. The van der Waals surface area contributed by atoms with E-state index in [1.54, 1.807) is 64.1 Å². The lowest BCUT2D eigenvalue weighted by atomic mass is 9.99. The van der Waals surface area contributed by atoms with E-state index in [1.807, 2.05) is 0 Å². The summed E-state index contributed by atoms with van der Waals surface area (Å²) in [5, 5.41) is 42.8. The number of phenolic OH excluding ortho intramolecular Hbond substituents is 1. The van der Waals surface area contributed by atoms with Crippen molar-refractivity contribution in [2.75, 3.05) is 6.54 Å². The third-order valence-electron chi connectivity index (χ3n) is 8.65. The number of phenols is 1. The Morgan fingerprint density at radius 3 is 1.63 bits per heavy atom. The molecule has 0 radical (unpaired) electrons. The van der Waals surface area contributed by atoms with Crippen molar-refractivity contribution in [2.24, 2.45) is 17.6 Å². The number of aliphatic carboxylic acids is 2. The molecule has 11 N–H and O–H groups in total. The van der Waals surface area contributed by atoms with Crippen LogP contribution in [0.4, 0.5) is 0 Å². The quantitative estimate of drug-likeness (QED) is 0.0695. The zero-order valence-electron chi connectivity index (χ0n) is 32.3. The van der Waals surface area contributed by atoms with Gasteiger partial charge in [0.25, 0.3) is 0 Å². The van der Waals surface area contributed by atoms with E-state index >= 15 is 0 Å². The topological polar surface area (TPSA) is 295 Å². The molecule has 0 spiro atoms. The molecule has 0 saturated carbocycles. The first-order valence-electron chi connectivity index (χ1n) is 18.2. The molecule has 0 fully saturated rings. The molecule has 0 aliphatic carbocycles. The van der Waals surface area contributed by atoms with E-state index in [0.717, 1.165) is 3.57 Å². The largest absolute Gasteiger partial charge is 0.508 e. The molecule has 18 nitrogen and oxygen atoms in total. The number of nitrogens with two attached hydrogens (primary N) is 1. The number of benzene rings is 2. The van der Waals surface area contributed by atoms with Crippen molar-refractivity contribution in [3.8, 4) is 5.75 Å². The van der Waals surface area contributed by atoms with Crippen LogP contribution in [0.3, 0.4) is 0 Å². The van der Waals surface area contributed by atoms with Crippen molar-refractivity contribution in [2.45, 2.75) is 96.6 Å². The zero-order valence-corrected chi connectivity index (χ0v) is 34.5. The molecule has 0 heterocycles. The number of carboxylic acids is 2. The van der Waals surface area contributed by atoms with Gasteiger partial charge >= 0.3 is 11.9 Å². The molecule has 2 rings (SSSR count). The van der Waals surface area contributed by atoms with E-state index in [2.05, 4.69) is 54.5 Å². The number of halogens is 1. The molecule has 0 aliphatic rings. The highest BCUT2D eigenvalue weighted by Crippen LogP contribution is 2.13. The number of carboxylic acid groups (broad SMARTS) is 2. The van der Waals surface area contributed by atoms with E-state index in [1.165, 1.54) is 19.1 Å². The van der Waals surface area contributed by atoms with Crippen LogP contribution in [-0.4, -0.2) is 105 Å². The number of rotatable bonds is 22. The Kier molecular flexibility index (Phi) is 19.3. The predicted molar refractivity (Wildman–Crippen MR) is 215 cm³/mol. The predicted octanol–water partition coefficient (Wildman–Crippen LogP) is -0.0692. The average molecular weight is 914 g/mol. The molecule has 0 unspecified atom stereocenters. The highest BCUT2D eigenvalue weighted by Gasteiger charge is 2.34. The normalized spacial score (nSPS) is 14.2. The molecule has 312 valence electrons. The molecular weight excluding hydrogens is 861 g/mol. The Balaban J connectivity index is 2.29. The minimum Gasteiger partial charge on any atom is -0.508 e. The molecule has 0 aromatic heterocycles. The minimum absolute atomic E-state index is 0.0432. The molecule has 2 aromatic carbocycles. The first-order chi connectivity index (χ1) is 26.7. The highest BCUT2D eigenvalue weighted by molar-refractivity contribution is 14.1. The van der Waals surface area contributed by atoms with Crippen molar-refractivity contribution in [1.82, 2.24) is 31.9 Å². The average Bonchev–Trinajstić information content (AvgIpc) is 3.14. The molecule has 0 aliphatic heterocycles. The Hall–Kier alpha value is -5.31. The smallest absolute Gasteiger partial charge is 0.322 e. The van der Waals surface area contributed by atoms with Crippen molar-refractivity contribution in [3.63, 3.8) is 0 Å². The van der Waals surface area contributed by atoms with Crippen LogP contribution in [0.25, 0.3) is 0 Å². The van der Waals surface area contributed by atoms with Crippen molar-refractivity contribution in [1.29, 1.82) is 0 Å². The number of carbonyl (C=O) groups excluding carboxylic acids is 6. The first-order valence-corrected chi connectivity index (χ1v) is 19.3. The fourth-order valence-electron chi connectivity index (χ4n) is 5.38. The van der Waals surface area contributed by atoms with Crippen LogP contribution < -0.4 is 37.6 Å². The van der Waals surface area contributed by atoms with Gasteiger partial charge in [0, 0.05) is 16.4 Å². The van der Waals surface area contributed by atoms with Crippen LogP contribution in [0.1, 0.15) is 58.6 Å². The van der Waals surface area contributed by atoms with Gasteiger partial charge in [-0.05, 0) is 89.6 Å². The van der Waals surface area contributed by atoms with Gasteiger partial charge in [0.05, 0.1) is 6.04 Å². The number of amides is 6. The third-order valence-corrected chi connectivity index (χ3v) is 9.37. The maximum atomic E-state index is 13.9. The fourth-order valence-corrected chi connectivity index (χ4v) is 5.73. The second-order valence-electron chi connectivity index (χ2n) is 14.2. The second-order valence-corrected chi connectivity index (χ2v) is 15.4. The molecule has 0 saturated heterocycles. The van der Waals surface area contributed by atoms with Gasteiger partial charge in [-0.25, -0.2) is 0 Å². The first kappa shape index (κ1) is 47.8. The lowest BCUT2D eigenvalue weighted by Crippen LogP contribution is -2.61. The lowest BCUT2D eigenvalue weighted by Gasteiger charge is -2.29. The van der Waals surface area contributed by atoms with Crippen LogP contribution in [0, 0.1) is 15.4 Å². The number of aromatic hydroxyl groups is 1. The summed E-state index contributed by atoms with van der Waals surface area (Å²) in [5.41, 5.74) is 7.36. The van der Waals surface area contributed by atoms with Gasteiger partial charge in [-0.2, -0.15) is 0 Å². The van der Waals surface area contributed by atoms with Crippen molar-refractivity contribution >= 4 is 70.0 Å². The Morgan fingerprint density at radius 2 is 1.09 bits per heavy atom. The van der Waals surface area contributed by atoms with Crippen LogP contribution in [0.2, 0.25) is 0 Å². The van der Waals surface area contributed by atoms with Gasteiger partial charge in [0.1, 0.15) is 42.5 Å². The number of hydrogen-bond acceptors (Lipinski definition) is 10. The number of hydrogen-bond donors (Lipinski definition) is 10. The van der Waals surface area contributed by atoms with E-state index in [9.17, 15) is 48.6 Å². The number of nitrogens with one attached hydrogen (secondary N) is 6.